The highest BCUT2D eigenvalue weighted by Crippen LogP contribution is 2.41. The van der Waals surface area contributed by atoms with Gasteiger partial charge >= 0.3 is 17.2 Å². The molecular formula is C12H14O7P2. The summed E-state index contributed by atoms with van der Waals surface area (Å²) in [5, 5.41) is 19.2. The summed E-state index contributed by atoms with van der Waals surface area (Å²) in [6, 6.07) is 13.9. The summed E-state index contributed by atoms with van der Waals surface area (Å²) in [4.78, 5) is 31.3. The molecule has 0 aliphatic rings. The monoisotopic (exact) mass is 332 g/mol. The zero-order chi connectivity index (χ0) is 15.8. The SMILES string of the molecule is OP(O)OP(O)O.Oc1ccccc1-c1ccccc1O. The molecule has 2 aromatic carbocycles. The van der Waals surface area contributed by atoms with Crippen LogP contribution in [0.5, 0.6) is 11.5 Å². The van der Waals surface area contributed by atoms with Gasteiger partial charge in [0.15, 0.2) is 0 Å². The summed E-state index contributed by atoms with van der Waals surface area (Å²) in [6.07, 6.45) is 0. The van der Waals surface area contributed by atoms with Gasteiger partial charge in [-0.1, -0.05) is 36.4 Å². The Morgan fingerprint density at radius 1 is 0.619 bits per heavy atom. The van der Waals surface area contributed by atoms with E-state index in [1.54, 1.807) is 36.4 Å². The van der Waals surface area contributed by atoms with Crippen molar-refractivity contribution in [2.45, 2.75) is 0 Å². The van der Waals surface area contributed by atoms with Crippen molar-refractivity contribution in [2.24, 2.45) is 0 Å². The summed E-state index contributed by atoms with van der Waals surface area (Å²) >= 11 is 0. The van der Waals surface area contributed by atoms with E-state index in [0.717, 1.165) is 0 Å². The minimum atomic E-state index is -2.61. The van der Waals surface area contributed by atoms with Crippen molar-refractivity contribution in [3.63, 3.8) is 0 Å². The van der Waals surface area contributed by atoms with E-state index in [1.165, 1.54) is 0 Å². The van der Waals surface area contributed by atoms with Crippen molar-refractivity contribution in [2.75, 3.05) is 0 Å². The van der Waals surface area contributed by atoms with E-state index in [-0.39, 0.29) is 11.5 Å². The molecule has 0 amide bonds. The molecule has 0 heterocycles. The maximum absolute atomic E-state index is 9.58. The fourth-order valence-electron chi connectivity index (χ4n) is 1.47. The molecule has 9 heteroatoms. The molecule has 0 fully saturated rings. The maximum atomic E-state index is 9.58. The van der Waals surface area contributed by atoms with Crippen LogP contribution in [-0.4, -0.2) is 29.8 Å². The fraction of sp³-hybridized carbons (Fsp3) is 0. The molecule has 21 heavy (non-hydrogen) atoms. The van der Waals surface area contributed by atoms with Crippen LogP contribution in [0.25, 0.3) is 11.1 Å². The quantitative estimate of drug-likeness (QED) is 0.475. The van der Waals surface area contributed by atoms with Crippen molar-refractivity contribution >= 4 is 17.2 Å². The van der Waals surface area contributed by atoms with Crippen LogP contribution >= 0.6 is 17.2 Å². The number of aromatic hydroxyl groups is 2. The first kappa shape index (κ1) is 17.8. The summed E-state index contributed by atoms with van der Waals surface area (Å²) < 4.78 is 3.60. The number of para-hydroxylation sites is 2. The standard InChI is InChI=1S/C12H10O2.H4O5P2/c13-11-7-3-1-5-9(11)10-6-2-4-8-12(10)14;1-6(2)5-7(3)4/h1-8,13-14H;1-4H. The molecule has 7 nitrogen and oxygen atoms in total. The van der Waals surface area contributed by atoms with E-state index in [4.69, 9.17) is 19.6 Å². The van der Waals surface area contributed by atoms with E-state index in [9.17, 15) is 10.2 Å². The second-order valence-electron chi connectivity index (χ2n) is 3.62. The molecule has 0 unspecified atom stereocenters. The first-order valence-electron chi connectivity index (χ1n) is 5.52. The lowest BCUT2D eigenvalue weighted by Crippen LogP contribution is -1.79. The second-order valence-corrected chi connectivity index (χ2v) is 5.29. The predicted molar refractivity (Wildman–Crippen MR) is 79.0 cm³/mol. The minimum absolute atomic E-state index is 0.175. The van der Waals surface area contributed by atoms with Crippen LogP contribution in [0.15, 0.2) is 48.5 Å². The van der Waals surface area contributed by atoms with Crippen molar-refractivity contribution in [1.29, 1.82) is 0 Å². The summed E-state index contributed by atoms with van der Waals surface area (Å²) in [7, 11) is -5.22. The van der Waals surface area contributed by atoms with Crippen LogP contribution in [0.4, 0.5) is 0 Å². The molecule has 0 saturated carbocycles. The smallest absolute Gasteiger partial charge is 0.334 e. The average Bonchev–Trinajstić information content (AvgIpc) is 2.39. The highest BCUT2D eigenvalue weighted by molar-refractivity contribution is 7.53. The van der Waals surface area contributed by atoms with Crippen LogP contribution in [0, 0.1) is 0 Å². The Morgan fingerprint density at radius 2 is 0.952 bits per heavy atom. The molecule has 0 atom stereocenters. The molecule has 0 aliphatic heterocycles. The van der Waals surface area contributed by atoms with Crippen LogP contribution in [0.2, 0.25) is 0 Å². The number of benzene rings is 2. The number of phenols is 2. The highest BCUT2D eigenvalue weighted by atomic mass is 31.2. The van der Waals surface area contributed by atoms with Crippen LogP contribution in [0.3, 0.4) is 0 Å². The van der Waals surface area contributed by atoms with Gasteiger partial charge in [-0.3, -0.25) is 0 Å². The first-order valence-corrected chi connectivity index (χ1v) is 7.85. The normalized spacial score (nSPS) is 10.4. The Bertz CT molecular complexity index is 513. The lowest BCUT2D eigenvalue weighted by Gasteiger charge is -2.05. The molecule has 0 bridgehead atoms. The molecule has 0 aliphatic carbocycles. The van der Waals surface area contributed by atoms with Gasteiger partial charge in [0.2, 0.25) is 0 Å². The summed E-state index contributed by atoms with van der Waals surface area (Å²) in [5.41, 5.74) is 1.29. The lowest BCUT2D eigenvalue weighted by atomic mass is 10.0. The van der Waals surface area contributed by atoms with Gasteiger partial charge in [0.1, 0.15) is 11.5 Å². The Morgan fingerprint density at radius 3 is 1.19 bits per heavy atom. The first-order chi connectivity index (χ1) is 9.91. The van der Waals surface area contributed by atoms with Crippen LogP contribution < -0.4 is 0 Å². The summed E-state index contributed by atoms with van der Waals surface area (Å²) in [5.74, 6) is 0.350. The molecule has 2 rings (SSSR count). The molecule has 0 saturated heterocycles. The number of rotatable bonds is 3. The Labute approximate surface area is 123 Å². The number of phenolic OH excluding ortho intramolecular Hbond substituents is 2. The van der Waals surface area contributed by atoms with Crippen molar-refractivity contribution < 1.29 is 34.1 Å². The Hall–Kier alpha value is -1.30. The number of hydrogen-bond acceptors (Lipinski definition) is 7. The highest BCUT2D eigenvalue weighted by Gasteiger charge is 2.06. The predicted octanol–water partition coefficient (Wildman–Crippen LogP) is 2.19. The summed E-state index contributed by atoms with van der Waals surface area (Å²) in [6.45, 7) is 0. The van der Waals surface area contributed by atoms with Crippen molar-refractivity contribution in [1.82, 2.24) is 0 Å². The third kappa shape index (κ3) is 6.33. The van der Waals surface area contributed by atoms with E-state index >= 15 is 0 Å². The molecule has 0 radical (unpaired) electrons. The van der Waals surface area contributed by atoms with Crippen LogP contribution in [-0.2, 0) is 4.31 Å². The second kappa shape index (κ2) is 8.87. The largest absolute Gasteiger partial charge is 0.507 e. The molecule has 6 N–H and O–H groups in total. The topological polar surface area (TPSA) is 131 Å². The fourth-order valence-corrected chi connectivity index (χ4v) is 1.99. The zero-order valence-electron chi connectivity index (χ0n) is 10.6. The van der Waals surface area contributed by atoms with Gasteiger partial charge in [-0.15, -0.1) is 0 Å². The zero-order valence-corrected chi connectivity index (χ0v) is 12.4. The van der Waals surface area contributed by atoms with E-state index in [1.807, 2.05) is 12.1 Å². The molecule has 2 aromatic rings. The van der Waals surface area contributed by atoms with E-state index < -0.39 is 17.2 Å². The maximum Gasteiger partial charge on any atom is 0.334 e. The van der Waals surface area contributed by atoms with Gasteiger partial charge < -0.3 is 29.8 Å². The van der Waals surface area contributed by atoms with Crippen molar-refractivity contribution in [3.05, 3.63) is 48.5 Å². The lowest BCUT2D eigenvalue weighted by molar-refractivity contribution is 0.324. The van der Waals surface area contributed by atoms with Gasteiger partial charge in [0.25, 0.3) is 0 Å². The molecular weight excluding hydrogens is 318 g/mol. The van der Waals surface area contributed by atoms with Gasteiger partial charge in [0.05, 0.1) is 0 Å². The van der Waals surface area contributed by atoms with Gasteiger partial charge in [0, 0.05) is 11.1 Å². The van der Waals surface area contributed by atoms with Crippen molar-refractivity contribution in [3.8, 4) is 22.6 Å². The Kier molecular flexibility index (Phi) is 7.50. The molecule has 0 aromatic heterocycles. The molecule has 114 valence electrons. The molecule has 0 spiro atoms. The van der Waals surface area contributed by atoms with Gasteiger partial charge in [-0.2, -0.15) is 0 Å². The number of hydrogen-bond donors (Lipinski definition) is 6. The van der Waals surface area contributed by atoms with Gasteiger partial charge in [-0.25, -0.2) is 4.31 Å². The van der Waals surface area contributed by atoms with E-state index in [0.29, 0.717) is 11.1 Å². The van der Waals surface area contributed by atoms with E-state index in [2.05, 4.69) is 4.31 Å². The Balaban J connectivity index is 0.000000270. The third-order valence-electron chi connectivity index (χ3n) is 2.24. The third-order valence-corrected chi connectivity index (χ3v) is 3.41. The average molecular weight is 332 g/mol. The van der Waals surface area contributed by atoms with Crippen LogP contribution in [0.1, 0.15) is 0 Å². The van der Waals surface area contributed by atoms with Gasteiger partial charge in [-0.05, 0) is 12.1 Å². The minimum Gasteiger partial charge on any atom is -0.507 e.